The number of unbranched alkanes of at least 4 members (excludes halogenated alkanes) is 6. The molecule has 0 amide bonds. The fourth-order valence-electron chi connectivity index (χ4n) is 2.09. The Morgan fingerprint density at radius 3 is 1.65 bits per heavy atom. The molecule has 1 aromatic carbocycles. The fraction of sp³-hybridized carbons (Fsp3) is 0.667. The normalized spacial score (nSPS) is 10.9. The summed E-state index contributed by atoms with van der Waals surface area (Å²) in [4.78, 5) is 2.89. The van der Waals surface area contributed by atoms with Crippen LogP contribution in [0.5, 0.6) is 0 Å². The summed E-state index contributed by atoms with van der Waals surface area (Å²) in [6, 6.07) is 9.09. The Labute approximate surface area is 134 Å². The minimum absolute atomic E-state index is 1.27. The van der Waals surface area contributed by atoms with Crippen LogP contribution in [-0.4, -0.2) is 11.5 Å². The maximum absolute atomic E-state index is 2.37. The van der Waals surface area contributed by atoms with Crippen LogP contribution in [0, 0.1) is 0 Å². The molecule has 114 valence electrons. The standard InChI is InChI=1S/C18H30S2/c1-3-5-7-9-14-19-17-12-11-13-18(16-17)20-15-10-8-6-4-2/h11-13,16H,3-10,14-15H2,1-2H3. The minimum atomic E-state index is 1.27. The molecule has 0 aliphatic carbocycles. The monoisotopic (exact) mass is 310 g/mol. The van der Waals surface area contributed by atoms with Crippen LogP contribution >= 0.6 is 23.5 Å². The first-order chi connectivity index (χ1) is 9.86. The number of hydrogen-bond acceptors (Lipinski definition) is 2. The Morgan fingerprint density at radius 1 is 0.700 bits per heavy atom. The molecule has 0 atom stereocenters. The molecule has 0 nitrogen and oxygen atoms in total. The smallest absolute Gasteiger partial charge is 0.00830 e. The van der Waals surface area contributed by atoms with Gasteiger partial charge < -0.3 is 0 Å². The first kappa shape index (κ1) is 18.0. The van der Waals surface area contributed by atoms with Crippen LogP contribution in [0.4, 0.5) is 0 Å². The lowest BCUT2D eigenvalue weighted by Gasteiger charge is -2.05. The van der Waals surface area contributed by atoms with Gasteiger partial charge in [-0.1, -0.05) is 58.4 Å². The number of hydrogen-bond donors (Lipinski definition) is 0. The van der Waals surface area contributed by atoms with E-state index in [0.717, 1.165) is 0 Å². The lowest BCUT2D eigenvalue weighted by molar-refractivity contribution is 0.706. The molecule has 0 aliphatic rings. The molecule has 1 rings (SSSR count). The first-order valence-electron chi connectivity index (χ1n) is 8.22. The van der Waals surface area contributed by atoms with Crippen LogP contribution in [0.1, 0.15) is 65.2 Å². The third kappa shape index (κ3) is 8.97. The van der Waals surface area contributed by atoms with Gasteiger partial charge in [0, 0.05) is 9.79 Å². The van der Waals surface area contributed by atoms with Crippen molar-refractivity contribution in [2.24, 2.45) is 0 Å². The molecule has 20 heavy (non-hydrogen) atoms. The fourth-order valence-corrected chi connectivity index (χ4v) is 4.10. The molecule has 0 unspecified atom stereocenters. The van der Waals surface area contributed by atoms with Gasteiger partial charge in [0.25, 0.3) is 0 Å². The Hall–Kier alpha value is -0.0800. The molecule has 0 spiro atoms. The van der Waals surface area contributed by atoms with Crippen molar-refractivity contribution in [1.29, 1.82) is 0 Å². The predicted molar refractivity (Wildman–Crippen MR) is 96.2 cm³/mol. The highest BCUT2D eigenvalue weighted by Crippen LogP contribution is 2.26. The summed E-state index contributed by atoms with van der Waals surface area (Å²) in [6.45, 7) is 4.54. The van der Waals surface area contributed by atoms with Crippen molar-refractivity contribution in [2.75, 3.05) is 11.5 Å². The van der Waals surface area contributed by atoms with Crippen LogP contribution in [0.15, 0.2) is 34.1 Å². The topological polar surface area (TPSA) is 0 Å². The van der Waals surface area contributed by atoms with Gasteiger partial charge in [-0.15, -0.1) is 23.5 Å². The SMILES string of the molecule is CCCCCCSc1cccc(SCCCCCC)c1. The minimum Gasteiger partial charge on any atom is -0.126 e. The maximum Gasteiger partial charge on any atom is 0.00830 e. The highest BCUT2D eigenvalue weighted by molar-refractivity contribution is 8.00. The van der Waals surface area contributed by atoms with Crippen molar-refractivity contribution in [3.8, 4) is 0 Å². The first-order valence-corrected chi connectivity index (χ1v) is 10.2. The zero-order valence-electron chi connectivity index (χ0n) is 13.2. The molecule has 0 aliphatic heterocycles. The maximum atomic E-state index is 2.37. The van der Waals surface area contributed by atoms with E-state index in [2.05, 4.69) is 38.1 Å². The van der Waals surface area contributed by atoms with Crippen LogP contribution in [0.3, 0.4) is 0 Å². The van der Waals surface area contributed by atoms with Gasteiger partial charge in [0.1, 0.15) is 0 Å². The van der Waals surface area contributed by atoms with Crippen molar-refractivity contribution in [1.82, 2.24) is 0 Å². The summed E-state index contributed by atoms with van der Waals surface area (Å²) in [5.41, 5.74) is 0. The molecule has 0 fully saturated rings. The van der Waals surface area contributed by atoms with Crippen LogP contribution in [0.25, 0.3) is 0 Å². The molecule has 1 aromatic rings. The molecule has 0 saturated heterocycles. The summed E-state index contributed by atoms with van der Waals surface area (Å²) in [5.74, 6) is 2.54. The lowest BCUT2D eigenvalue weighted by Crippen LogP contribution is -1.83. The van der Waals surface area contributed by atoms with Gasteiger partial charge in [-0.3, -0.25) is 0 Å². The molecular formula is C18H30S2. The van der Waals surface area contributed by atoms with Gasteiger partial charge in [0.2, 0.25) is 0 Å². The molecule has 0 heterocycles. The highest BCUT2D eigenvalue weighted by Gasteiger charge is 1.98. The number of thioether (sulfide) groups is 2. The molecular weight excluding hydrogens is 280 g/mol. The highest BCUT2D eigenvalue weighted by atomic mass is 32.2. The third-order valence-corrected chi connectivity index (χ3v) is 5.50. The van der Waals surface area contributed by atoms with Crippen molar-refractivity contribution < 1.29 is 0 Å². The third-order valence-electron chi connectivity index (χ3n) is 3.34. The second-order valence-electron chi connectivity index (χ2n) is 5.29. The van der Waals surface area contributed by atoms with Crippen molar-refractivity contribution in [3.63, 3.8) is 0 Å². The Morgan fingerprint density at radius 2 is 1.20 bits per heavy atom. The van der Waals surface area contributed by atoms with Crippen molar-refractivity contribution >= 4 is 23.5 Å². The van der Waals surface area contributed by atoms with Gasteiger partial charge in [0.05, 0.1) is 0 Å². The van der Waals surface area contributed by atoms with E-state index >= 15 is 0 Å². The van der Waals surface area contributed by atoms with Gasteiger partial charge in [-0.2, -0.15) is 0 Å². The van der Waals surface area contributed by atoms with E-state index in [9.17, 15) is 0 Å². The van der Waals surface area contributed by atoms with Crippen LogP contribution < -0.4 is 0 Å². The van der Waals surface area contributed by atoms with E-state index in [0.29, 0.717) is 0 Å². The average molecular weight is 311 g/mol. The largest absolute Gasteiger partial charge is 0.126 e. The molecule has 0 saturated carbocycles. The molecule has 2 heteroatoms. The second kappa shape index (κ2) is 12.6. The lowest BCUT2D eigenvalue weighted by atomic mass is 10.2. The second-order valence-corrected chi connectivity index (χ2v) is 7.63. The van der Waals surface area contributed by atoms with Gasteiger partial charge >= 0.3 is 0 Å². The Bertz CT molecular complexity index is 307. The predicted octanol–water partition coefficient (Wildman–Crippen LogP) is 7.03. The zero-order chi connectivity index (χ0) is 14.5. The van der Waals surface area contributed by atoms with Gasteiger partial charge in [0.15, 0.2) is 0 Å². The zero-order valence-corrected chi connectivity index (χ0v) is 14.8. The summed E-state index contributed by atoms with van der Waals surface area (Å²) < 4.78 is 0. The molecule has 0 radical (unpaired) electrons. The molecule has 0 aromatic heterocycles. The quantitative estimate of drug-likeness (QED) is 0.300. The Balaban J connectivity index is 2.19. The van der Waals surface area contributed by atoms with E-state index in [1.807, 2.05) is 23.5 Å². The van der Waals surface area contributed by atoms with Gasteiger partial charge in [-0.25, -0.2) is 0 Å². The summed E-state index contributed by atoms with van der Waals surface area (Å²) in [7, 11) is 0. The van der Waals surface area contributed by atoms with E-state index in [1.54, 1.807) is 0 Å². The number of benzene rings is 1. The number of rotatable bonds is 12. The van der Waals surface area contributed by atoms with Gasteiger partial charge in [-0.05, 0) is 42.5 Å². The van der Waals surface area contributed by atoms with E-state index in [1.165, 1.54) is 72.7 Å². The average Bonchev–Trinajstić information content (AvgIpc) is 2.47. The summed E-state index contributed by atoms with van der Waals surface area (Å²) >= 11 is 4.04. The van der Waals surface area contributed by atoms with Crippen LogP contribution in [-0.2, 0) is 0 Å². The Kier molecular flexibility index (Phi) is 11.4. The summed E-state index contributed by atoms with van der Waals surface area (Å²) in [5, 5.41) is 0. The summed E-state index contributed by atoms with van der Waals surface area (Å²) in [6.07, 6.45) is 10.9. The van der Waals surface area contributed by atoms with E-state index in [-0.39, 0.29) is 0 Å². The van der Waals surface area contributed by atoms with E-state index < -0.39 is 0 Å². The van der Waals surface area contributed by atoms with E-state index in [4.69, 9.17) is 0 Å². The van der Waals surface area contributed by atoms with Crippen molar-refractivity contribution in [3.05, 3.63) is 24.3 Å². The van der Waals surface area contributed by atoms with Crippen LogP contribution in [0.2, 0.25) is 0 Å². The molecule has 0 N–H and O–H groups in total. The molecule has 0 bridgehead atoms. The van der Waals surface area contributed by atoms with Crippen molar-refractivity contribution in [2.45, 2.75) is 75.0 Å².